The molecule has 1 saturated heterocycles. The minimum atomic E-state index is -1.92. The summed E-state index contributed by atoms with van der Waals surface area (Å²) in [6.45, 7) is 3.42. The Labute approximate surface area is 134 Å². The third-order valence-corrected chi connectivity index (χ3v) is 9.45. The van der Waals surface area contributed by atoms with Gasteiger partial charge in [0.05, 0.1) is 6.10 Å². The van der Waals surface area contributed by atoms with Crippen molar-refractivity contribution in [2.45, 2.75) is 37.6 Å². The van der Waals surface area contributed by atoms with Crippen molar-refractivity contribution in [2.24, 2.45) is 0 Å². The molecule has 2 aromatic carbocycles. The van der Waals surface area contributed by atoms with E-state index in [9.17, 15) is 5.11 Å². The fraction of sp³-hybridized carbons (Fsp3) is 0.368. The fourth-order valence-corrected chi connectivity index (χ4v) is 7.40. The van der Waals surface area contributed by atoms with Crippen molar-refractivity contribution in [1.29, 1.82) is 0 Å². The summed E-state index contributed by atoms with van der Waals surface area (Å²) in [6, 6.07) is 22.7. The minimum absolute atomic E-state index is 0.263. The Morgan fingerprint density at radius 2 is 1.59 bits per heavy atom. The van der Waals surface area contributed by atoms with Crippen LogP contribution in [0.3, 0.4) is 0 Å². The molecule has 2 nitrogen and oxygen atoms in total. The standard InChI is InChI=1S/C19H25NOSi/c1-22(16-9-4-2-5-10-16,17-11-6-3-7-12-17)15-19(21)18-13-8-14-20-18/h2-7,9-12,18-21H,8,13-15H2,1H3/t18?,19-/m0/s1. The number of hydrogen-bond donors (Lipinski definition) is 2. The van der Waals surface area contributed by atoms with Crippen LogP contribution in [0.15, 0.2) is 60.7 Å². The molecule has 0 aromatic heterocycles. The Kier molecular flexibility index (Phi) is 4.77. The van der Waals surface area contributed by atoms with E-state index in [1.807, 2.05) is 0 Å². The van der Waals surface area contributed by atoms with Crippen LogP contribution < -0.4 is 15.7 Å². The smallest absolute Gasteiger partial charge is 0.117 e. The van der Waals surface area contributed by atoms with Gasteiger partial charge in [0.15, 0.2) is 0 Å². The average molecular weight is 312 g/mol. The van der Waals surface area contributed by atoms with Crippen molar-refractivity contribution in [3.63, 3.8) is 0 Å². The molecule has 2 N–H and O–H groups in total. The van der Waals surface area contributed by atoms with E-state index in [1.165, 1.54) is 16.8 Å². The maximum Gasteiger partial charge on any atom is 0.117 e. The molecule has 1 aliphatic rings. The van der Waals surface area contributed by atoms with Gasteiger partial charge in [0.25, 0.3) is 0 Å². The predicted molar refractivity (Wildman–Crippen MR) is 95.6 cm³/mol. The molecule has 2 aromatic rings. The van der Waals surface area contributed by atoms with E-state index in [-0.39, 0.29) is 12.1 Å². The predicted octanol–water partition coefficient (Wildman–Crippen LogP) is 1.99. The first-order valence-corrected chi connectivity index (χ1v) is 10.9. The number of hydrogen-bond acceptors (Lipinski definition) is 2. The molecule has 3 rings (SSSR count). The van der Waals surface area contributed by atoms with E-state index in [1.54, 1.807) is 0 Å². The number of aliphatic hydroxyl groups excluding tert-OH is 1. The summed E-state index contributed by atoms with van der Waals surface area (Å²) < 4.78 is 0. The summed E-state index contributed by atoms with van der Waals surface area (Å²) in [5, 5.41) is 17.0. The third kappa shape index (κ3) is 3.17. The molecule has 0 spiro atoms. The van der Waals surface area contributed by atoms with E-state index in [4.69, 9.17) is 0 Å². The van der Waals surface area contributed by atoms with Crippen LogP contribution in [0.25, 0.3) is 0 Å². The van der Waals surface area contributed by atoms with Gasteiger partial charge in [0, 0.05) is 6.04 Å². The van der Waals surface area contributed by atoms with Crippen LogP contribution in [-0.4, -0.2) is 31.9 Å². The maximum absolute atomic E-state index is 10.8. The Morgan fingerprint density at radius 1 is 1.05 bits per heavy atom. The van der Waals surface area contributed by atoms with Gasteiger partial charge < -0.3 is 10.4 Å². The molecule has 1 fully saturated rings. The van der Waals surface area contributed by atoms with Gasteiger partial charge in [-0.05, 0) is 25.4 Å². The molecule has 22 heavy (non-hydrogen) atoms. The third-order valence-electron chi connectivity index (χ3n) is 5.00. The second-order valence-corrected chi connectivity index (χ2v) is 10.8. The summed E-state index contributed by atoms with van der Waals surface area (Å²) in [5.74, 6) is 0. The molecule has 1 unspecified atom stereocenters. The topological polar surface area (TPSA) is 32.3 Å². The van der Waals surface area contributed by atoms with Gasteiger partial charge in [-0.25, -0.2) is 0 Å². The highest BCUT2D eigenvalue weighted by atomic mass is 28.3. The van der Waals surface area contributed by atoms with E-state index < -0.39 is 8.07 Å². The highest BCUT2D eigenvalue weighted by Gasteiger charge is 2.36. The normalized spacial score (nSPS) is 20.0. The molecular weight excluding hydrogens is 286 g/mol. The number of rotatable bonds is 5. The first-order valence-electron chi connectivity index (χ1n) is 8.23. The molecule has 0 bridgehead atoms. The highest BCUT2D eigenvalue weighted by Crippen LogP contribution is 2.20. The number of aliphatic hydroxyl groups is 1. The van der Waals surface area contributed by atoms with Gasteiger partial charge in [0.2, 0.25) is 0 Å². The van der Waals surface area contributed by atoms with Gasteiger partial charge in [-0.1, -0.05) is 77.6 Å². The second-order valence-electron chi connectivity index (χ2n) is 6.54. The lowest BCUT2D eigenvalue weighted by Gasteiger charge is -2.33. The molecular formula is C19H25NOSi. The lowest BCUT2D eigenvalue weighted by molar-refractivity contribution is 0.153. The van der Waals surface area contributed by atoms with Crippen molar-refractivity contribution in [2.75, 3.05) is 6.54 Å². The van der Waals surface area contributed by atoms with Crippen molar-refractivity contribution < 1.29 is 5.11 Å². The Hall–Kier alpha value is -1.42. The molecule has 1 heterocycles. The van der Waals surface area contributed by atoms with E-state index >= 15 is 0 Å². The second kappa shape index (κ2) is 6.78. The van der Waals surface area contributed by atoms with Crippen LogP contribution in [0, 0.1) is 0 Å². The summed E-state index contributed by atoms with van der Waals surface area (Å²) in [4.78, 5) is 0. The van der Waals surface area contributed by atoms with Crippen LogP contribution in [0.5, 0.6) is 0 Å². The van der Waals surface area contributed by atoms with Crippen LogP contribution in [0.2, 0.25) is 12.6 Å². The monoisotopic (exact) mass is 311 g/mol. The van der Waals surface area contributed by atoms with E-state index in [0.29, 0.717) is 0 Å². The number of nitrogens with one attached hydrogen (secondary N) is 1. The van der Waals surface area contributed by atoms with Gasteiger partial charge in [0.1, 0.15) is 8.07 Å². The largest absolute Gasteiger partial charge is 0.392 e. The van der Waals surface area contributed by atoms with Crippen LogP contribution in [0.4, 0.5) is 0 Å². The van der Waals surface area contributed by atoms with Gasteiger partial charge in [-0.3, -0.25) is 0 Å². The lowest BCUT2D eigenvalue weighted by atomic mass is 10.1. The summed E-state index contributed by atoms with van der Waals surface area (Å²) in [6.07, 6.45) is 2.01. The first-order chi connectivity index (χ1) is 10.7. The summed E-state index contributed by atoms with van der Waals surface area (Å²) in [7, 11) is -1.92. The molecule has 0 radical (unpaired) electrons. The highest BCUT2D eigenvalue weighted by molar-refractivity contribution is 7.01. The van der Waals surface area contributed by atoms with Gasteiger partial charge in [-0.15, -0.1) is 0 Å². The summed E-state index contributed by atoms with van der Waals surface area (Å²) >= 11 is 0. The first kappa shape index (κ1) is 15.5. The molecule has 2 atom stereocenters. The van der Waals surface area contributed by atoms with E-state index in [0.717, 1.165) is 19.0 Å². The molecule has 3 heteroatoms. The van der Waals surface area contributed by atoms with Crippen molar-refractivity contribution in [3.05, 3.63) is 60.7 Å². The van der Waals surface area contributed by atoms with Crippen LogP contribution in [-0.2, 0) is 0 Å². The lowest BCUT2D eigenvalue weighted by Crippen LogP contribution is -2.58. The van der Waals surface area contributed by atoms with Crippen LogP contribution >= 0.6 is 0 Å². The summed E-state index contributed by atoms with van der Waals surface area (Å²) in [5.41, 5.74) is 0. The average Bonchev–Trinajstić information content (AvgIpc) is 3.11. The van der Waals surface area contributed by atoms with E-state index in [2.05, 4.69) is 72.5 Å². The van der Waals surface area contributed by atoms with Gasteiger partial charge >= 0.3 is 0 Å². The molecule has 0 amide bonds. The zero-order valence-electron chi connectivity index (χ0n) is 13.2. The van der Waals surface area contributed by atoms with Crippen molar-refractivity contribution in [3.8, 4) is 0 Å². The Bertz CT molecular complexity index is 541. The quantitative estimate of drug-likeness (QED) is 0.828. The molecule has 0 saturated carbocycles. The fourth-order valence-electron chi connectivity index (χ4n) is 3.61. The zero-order chi connectivity index (χ0) is 15.4. The minimum Gasteiger partial charge on any atom is -0.392 e. The van der Waals surface area contributed by atoms with Crippen molar-refractivity contribution in [1.82, 2.24) is 5.32 Å². The van der Waals surface area contributed by atoms with Crippen molar-refractivity contribution >= 4 is 18.4 Å². The SMILES string of the molecule is C[Si](C[C@H](O)C1CCCN1)(c1ccccc1)c1ccccc1. The zero-order valence-corrected chi connectivity index (χ0v) is 14.2. The maximum atomic E-state index is 10.8. The Balaban J connectivity index is 1.93. The van der Waals surface area contributed by atoms with Crippen LogP contribution in [0.1, 0.15) is 12.8 Å². The van der Waals surface area contributed by atoms with Gasteiger partial charge in [-0.2, -0.15) is 0 Å². The molecule has 0 aliphatic carbocycles. The molecule has 1 aliphatic heterocycles. The number of benzene rings is 2. The Morgan fingerprint density at radius 3 is 2.05 bits per heavy atom. The molecule has 116 valence electrons.